The van der Waals surface area contributed by atoms with Crippen LogP contribution in [-0.2, 0) is 4.74 Å². The predicted molar refractivity (Wildman–Crippen MR) is 107 cm³/mol. The number of benzene rings is 1. The molecule has 0 bridgehead atoms. The van der Waals surface area contributed by atoms with Gasteiger partial charge >= 0.3 is 6.09 Å². The quantitative estimate of drug-likeness (QED) is 0.726. The van der Waals surface area contributed by atoms with Gasteiger partial charge in [0.25, 0.3) is 0 Å². The van der Waals surface area contributed by atoms with Crippen LogP contribution in [0.4, 0.5) is 4.79 Å². The van der Waals surface area contributed by atoms with Crippen LogP contribution in [0.2, 0.25) is 5.02 Å². The summed E-state index contributed by atoms with van der Waals surface area (Å²) in [4.78, 5) is 22.6. The van der Waals surface area contributed by atoms with Crippen molar-refractivity contribution in [2.24, 2.45) is 0 Å². The molecule has 1 aliphatic rings. The maximum Gasteiger partial charge on any atom is 0.407 e. The molecule has 2 aromatic rings. The Kier molecular flexibility index (Phi) is 7.43. The number of amides is 1. The molecule has 142 valence electrons. The van der Waals surface area contributed by atoms with Gasteiger partial charge in [-0.05, 0) is 76.4 Å². The summed E-state index contributed by atoms with van der Waals surface area (Å²) < 4.78 is 6.27. The molecule has 1 aromatic heterocycles. The van der Waals surface area contributed by atoms with Crippen LogP contribution in [0.15, 0.2) is 24.3 Å². The van der Waals surface area contributed by atoms with Crippen LogP contribution in [0, 0.1) is 0 Å². The number of fused-ring (bicyclic) bond motifs is 1. The molecule has 0 spiro atoms. The monoisotopic (exact) mass is 396 g/mol. The van der Waals surface area contributed by atoms with E-state index in [4.69, 9.17) is 16.3 Å². The summed E-state index contributed by atoms with van der Waals surface area (Å²) in [7, 11) is 0. The van der Waals surface area contributed by atoms with Gasteiger partial charge in [-0.25, -0.2) is 4.79 Å². The SMILES string of the molecule is CC(C)(C)OC(=O)NC1CCNCC1.O=Cc1cc2cc(Cl)ccc2s1. The third-order valence-corrected chi connectivity index (χ3v) is 4.95. The maximum atomic E-state index is 11.4. The average molecular weight is 397 g/mol. The van der Waals surface area contributed by atoms with E-state index in [1.54, 1.807) is 0 Å². The van der Waals surface area contributed by atoms with Crippen molar-refractivity contribution in [2.75, 3.05) is 13.1 Å². The molecule has 0 unspecified atom stereocenters. The fraction of sp³-hybridized carbons (Fsp3) is 0.474. The number of rotatable bonds is 2. The highest BCUT2D eigenvalue weighted by Crippen LogP contribution is 2.26. The molecule has 5 nitrogen and oxygen atoms in total. The van der Waals surface area contributed by atoms with Crippen molar-refractivity contribution in [3.05, 3.63) is 34.2 Å². The van der Waals surface area contributed by atoms with Gasteiger partial charge in [-0.3, -0.25) is 4.79 Å². The summed E-state index contributed by atoms with van der Waals surface area (Å²) in [5, 5.41) is 7.86. The first kappa shape index (κ1) is 20.7. The number of hydrogen-bond donors (Lipinski definition) is 2. The number of ether oxygens (including phenoxy) is 1. The number of halogens is 1. The number of hydrogen-bond acceptors (Lipinski definition) is 5. The molecule has 1 saturated heterocycles. The van der Waals surface area contributed by atoms with Crippen LogP contribution in [0.1, 0.15) is 43.3 Å². The van der Waals surface area contributed by atoms with Crippen molar-refractivity contribution >= 4 is 45.4 Å². The molecule has 2 N–H and O–H groups in total. The summed E-state index contributed by atoms with van der Waals surface area (Å²) in [6.07, 6.45) is 2.53. The van der Waals surface area contributed by atoms with Crippen molar-refractivity contribution in [1.82, 2.24) is 10.6 Å². The summed E-state index contributed by atoms with van der Waals surface area (Å²) in [6, 6.07) is 7.73. The van der Waals surface area contributed by atoms with Crippen molar-refractivity contribution in [1.29, 1.82) is 0 Å². The van der Waals surface area contributed by atoms with E-state index in [9.17, 15) is 9.59 Å². The Labute approximate surface area is 163 Å². The van der Waals surface area contributed by atoms with Crippen LogP contribution in [0.3, 0.4) is 0 Å². The molecule has 0 saturated carbocycles. The van der Waals surface area contributed by atoms with Crippen molar-refractivity contribution < 1.29 is 14.3 Å². The van der Waals surface area contributed by atoms with E-state index >= 15 is 0 Å². The highest BCUT2D eigenvalue weighted by atomic mass is 35.5. The van der Waals surface area contributed by atoms with E-state index in [2.05, 4.69) is 10.6 Å². The Bertz CT molecular complexity index is 749. The molecule has 0 radical (unpaired) electrons. The zero-order valence-electron chi connectivity index (χ0n) is 15.3. The van der Waals surface area contributed by atoms with Crippen molar-refractivity contribution in [2.45, 2.75) is 45.3 Å². The van der Waals surface area contributed by atoms with Crippen LogP contribution in [0.5, 0.6) is 0 Å². The van der Waals surface area contributed by atoms with Gasteiger partial charge < -0.3 is 15.4 Å². The lowest BCUT2D eigenvalue weighted by Crippen LogP contribution is -2.44. The summed E-state index contributed by atoms with van der Waals surface area (Å²) in [6.45, 7) is 7.56. The van der Waals surface area contributed by atoms with Gasteiger partial charge in [-0.1, -0.05) is 11.6 Å². The predicted octanol–water partition coefficient (Wildman–Crippen LogP) is 4.63. The minimum absolute atomic E-state index is 0.270. The number of piperidine rings is 1. The first-order valence-electron chi connectivity index (χ1n) is 8.61. The van der Waals surface area contributed by atoms with E-state index < -0.39 is 5.60 Å². The first-order valence-corrected chi connectivity index (χ1v) is 9.81. The molecular weight excluding hydrogens is 372 g/mol. The molecule has 2 heterocycles. The van der Waals surface area contributed by atoms with Crippen LogP contribution >= 0.6 is 22.9 Å². The zero-order chi connectivity index (χ0) is 19.2. The maximum absolute atomic E-state index is 11.4. The topological polar surface area (TPSA) is 67.4 Å². The fourth-order valence-corrected chi connectivity index (χ4v) is 3.57. The number of nitrogens with one attached hydrogen (secondary N) is 2. The number of aldehydes is 1. The van der Waals surface area contributed by atoms with Gasteiger partial charge in [-0.2, -0.15) is 0 Å². The second kappa shape index (κ2) is 9.35. The molecule has 7 heteroatoms. The lowest BCUT2D eigenvalue weighted by molar-refractivity contribution is 0.0495. The number of thiophene rings is 1. The van der Waals surface area contributed by atoms with E-state index in [1.165, 1.54) is 11.3 Å². The van der Waals surface area contributed by atoms with E-state index in [0.29, 0.717) is 5.02 Å². The first-order chi connectivity index (χ1) is 12.3. The van der Waals surface area contributed by atoms with Crippen molar-refractivity contribution in [3.8, 4) is 0 Å². The third kappa shape index (κ3) is 6.94. The Morgan fingerprint density at radius 2 is 2.00 bits per heavy atom. The Hall–Kier alpha value is -1.63. The average Bonchev–Trinajstić information content (AvgIpc) is 2.97. The summed E-state index contributed by atoms with van der Waals surface area (Å²) in [5.74, 6) is 0. The zero-order valence-corrected chi connectivity index (χ0v) is 16.9. The van der Waals surface area contributed by atoms with Gasteiger partial charge in [0.05, 0.1) is 4.88 Å². The number of carbonyl (C=O) groups is 2. The highest BCUT2D eigenvalue weighted by molar-refractivity contribution is 7.20. The molecule has 1 fully saturated rings. The van der Waals surface area contributed by atoms with Crippen molar-refractivity contribution in [3.63, 3.8) is 0 Å². The van der Waals surface area contributed by atoms with E-state index in [0.717, 1.165) is 47.2 Å². The third-order valence-electron chi connectivity index (χ3n) is 3.67. The minimum Gasteiger partial charge on any atom is -0.444 e. The largest absolute Gasteiger partial charge is 0.444 e. The summed E-state index contributed by atoms with van der Waals surface area (Å²) >= 11 is 7.27. The molecule has 1 amide bonds. The van der Waals surface area contributed by atoms with Crippen LogP contribution in [0.25, 0.3) is 10.1 Å². The fourth-order valence-electron chi connectivity index (χ4n) is 2.53. The molecule has 0 atom stereocenters. The number of alkyl carbamates (subject to hydrolysis) is 1. The van der Waals surface area contributed by atoms with Crippen LogP contribution in [-0.4, -0.2) is 37.1 Å². The van der Waals surface area contributed by atoms with Gasteiger partial charge in [0.2, 0.25) is 0 Å². The Morgan fingerprint density at radius 1 is 1.31 bits per heavy atom. The standard InChI is InChI=1S/C10H20N2O2.C9H5ClOS/c1-10(2,3)14-9(13)12-8-4-6-11-7-5-8;10-7-1-2-9-6(3-7)4-8(5-11)12-9/h8,11H,4-7H2,1-3H3,(H,12,13);1-5H. The van der Waals surface area contributed by atoms with Gasteiger partial charge in [0, 0.05) is 15.8 Å². The summed E-state index contributed by atoms with van der Waals surface area (Å²) in [5.41, 5.74) is -0.406. The van der Waals surface area contributed by atoms with E-state index in [1.807, 2.05) is 45.0 Å². The smallest absolute Gasteiger partial charge is 0.407 e. The second-order valence-electron chi connectivity index (χ2n) is 7.12. The Balaban J connectivity index is 0.000000189. The van der Waals surface area contributed by atoms with Gasteiger partial charge in [0.1, 0.15) is 5.60 Å². The minimum atomic E-state index is -0.406. The second-order valence-corrected chi connectivity index (χ2v) is 8.67. The highest BCUT2D eigenvalue weighted by Gasteiger charge is 2.20. The molecule has 26 heavy (non-hydrogen) atoms. The molecule has 1 aliphatic heterocycles. The normalized spacial score (nSPS) is 15.1. The lowest BCUT2D eigenvalue weighted by atomic mass is 10.1. The number of carbonyl (C=O) groups excluding carboxylic acids is 2. The molecule has 0 aliphatic carbocycles. The molecular formula is C19H25ClN2O3S. The van der Waals surface area contributed by atoms with Crippen LogP contribution < -0.4 is 10.6 Å². The van der Waals surface area contributed by atoms with Gasteiger partial charge in [-0.15, -0.1) is 11.3 Å². The molecule has 3 rings (SSSR count). The van der Waals surface area contributed by atoms with E-state index in [-0.39, 0.29) is 12.1 Å². The Morgan fingerprint density at radius 3 is 2.62 bits per heavy atom. The van der Waals surface area contributed by atoms with Gasteiger partial charge in [0.15, 0.2) is 6.29 Å². The molecule has 1 aromatic carbocycles. The lowest BCUT2D eigenvalue weighted by Gasteiger charge is -2.26.